The molecule has 0 saturated heterocycles. The number of aliphatic hydroxyl groups is 1. The minimum absolute atomic E-state index is 0.169. The normalized spacial score (nSPS) is 11.3. The van der Waals surface area contributed by atoms with E-state index in [1.165, 1.54) is 16.7 Å². The van der Waals surface area contributed by atoms with Gasteiger partial charge in [-0.15, -0.1) is 0 Å². The van der Waals surface area contributed by atoms with Crippen LogP contribution in [0.1, 0.15) is 22.3 Å². The summed E-state index contributed by atoms with van der Waals surface area (Å²) in [5.74, 6) is 0. The summed E-state index contributed by atoms with van der Waals surface area (Å²) in [6, 6.07) is 4.24. The van der Waals surface area contributed by atoms with E-state index >= 15 is 0 Å². The van der Waals surface area contributed by atoms with Gasteiger partial charge in [0.2, 0.25) is 0 Å². The summed E-state index contributed by atoms with van der Waals surface area (Å²) >= 11 is 0. The average molecular weight is 235 g/mol. The van der Waals surface area contributed by atoms with Crippen LogP contribution in [0.15, 0.2) is 17.1 Å². The average Bonchev–Trinajstić information content (AvgIpc) is 2.29. The highest BCUT2D eigenvalue weighted by Crippen LogP contribution is 2.16. The van der Waals surface area contributed by atoms with E-state index in [0.717, 1.165) is 5.56 Å². The molecule has 0 unspecified atom stereocenters. The first-order valence-electron chi connectivity index (χ1n) is 5.88. The maximum absolute atomic E-state index is 9.08. The van der Waals surface area contributed by atoms with Crippen LogP contribution in [0.4, 0.5) is 0 Å². The first-order valence-corrected chi connectivity index (χ1v) is 5.88. The van der Waals surface area contributed by atoms with Gasteiger partial charge in [0.15, 0.2) is 0 Å². The molecular formula is C14H21NO2. The van der Waals surface area contributed by atoms with E-state index in [2.05, 4.69) is 31.0 Å². The summed E-state index contributed by atoms with van der Waals surface area (Å²) in [7, 11) is 1.67. The summed E-state index contributed by atoms with van der Waals surface area (Å²) in [6.45, 7) is 5.62. The number of hydrogen-bond acceptors (Lipinski definition) is 3. The highest BCUT2D eigenvalue weighted by Gasteiger charge is 2.04. The third-order valence-corrected chi connectivity index (χ3v) is 2.67. The molecule has 1 rings (SSSR count). The van der Waals surface area contributed by atoms with Crippen molar-refractivity contribution in [1.82, 2.24) is 0 Å². The van der Waals surface area contributed by atoms with Crippen molar-refractivity contribution in [1.29, 1.82) is 0 Å². The second-order valence-electron chi connectivity index (χ2n) is 4.15. The van der Waals surface area contributed by atoms with Gasteiger partial charge in [0.1, 0.15) is 0 Å². The van der Waals surface area contributed by atoms with E-state index in [0.29, 0.717) is 19.6 Å². The van der Waals surface area contributed by atoms with Crippen LogP contribution >= 0.6 is 0 Å². The quantitative estimate of drug-likeness (QED) is 0.604. The van der Waals surface area contributed by atoms with Gasteiger partial charge < -0.3 is 9.84 Å². The van der Waals surface area contributed by atoms with E-state index < -0.39 is 0 Å². The van der Waals surface area contributed by atoms with Gasteiger partial charge in [0, 0.05) is 19.9 Å². The van der Waals surface area contributed by atoms with Gasteiger partial charge in [-0.25, -0.2) is 0 Å². The molecule has 0 aliphatic rings. The second-order valence-corrected chi connectivity index (χ2v) is 4.15. The molecule has 0 amide bonds. The molecule has 0 aromatic heterocycles. The Balaban J connectivity index is 2.91. The van der Waals surface area contributed by atoms with Crippen molar-refractivity contribution in [3.8, 4) is 0 Å². The fourth-order valence-corrected chi connectivity index (χ4v) is 1.91. The van der Waals surface area contributed by atoms with Gasteiger partial charge in [-0.05, 0) is 37.0 Å². The summed E-state index contributed by atoms with van der Waals surface area (Å²) < 4.78 is 4.95. The van der Waals surface area contributed by atoms with Gasteiger partial charge in [-0.1, -0.05) is 17.7 Å². The molecule has 1 aromatic rings. The molecule has 0 heterocycles. The molecule has 0 atom stereocenters. The predicted octanol–water partition coefficient (Wildman–Crippen LogP) is 1.90. The molecule has 17 heavy (non-hydrogen) atoms. The zero-order valence-electron chi connectivity index (χ0n) is 10.9. The smallest absolute Gasteiger partial charge is 0.0658 e. The molecule has 0 saturated carbocycles. The molecule has 0 aliphatic heterocycles. The minimum atomic E-state index is 0.169. The molecular weight excluding hydrogens is 214 g/mol. The molecule has 0 radical (unpaired) electrons. The standard InChI is InChI=1S/C14H21NO2/c1-11-8-12(2)14(4-6-16)13(9-11)10-15-5-7-17-3/h8-10,16H,4-7H2,1-3H3. The van der Waals surface area contributed by atoms with E-state index in [-0.39, 0.29) is 6.61 Å². The fraction of sp³-hybridized carbons (Fsp3) is 0.500. The molecule has 0 fully saturated rings. The first-order chi connectivity index (χ1) is 8.19. The summed E-state index contributed by atoms with van der Waals surface area (Å²) in [5.41, 5.74) is 4.72. The van der Waals surface area contributed by atoms with Crippen molar-refractivity contribution in [2.24, 2.45) is 4.99 Å². The number of aliphatic imine (C=N–C) groups is 1. The largest absolute Gasteiger partial charge is 0.396 e. The SMILES string of the molecule is COCCN=Cc1cc(C)cc(C)c1CCO. The van der Waals surface area contributed by atoms with Crippen LogP contribution in [0, 0.1) is 13.8 Å². The lowest BCUT2D eigenvalue weighted by molar-refractivity contribution is 0.208. The van der Waals surface area contributed by atoms with Crippen molar-refractivity contribution >= 4 is 6.21 Å². The molecule has 0 aliphatic carbocycles. The number of rotatable bonds is 6. The highest BCUT2D eigenvalue weighted by atomic mass is 16.5. The van der Waals surface area contributed by atoms with Gasteiger partial charge in [-0.3, -0.25) is 4.99 Å². The number of ether oxygens (including phenoxy) is 1. The number of benzene rings is 1. The Kier molecular flexibility index (Phi) is 5.87. The summed E-state index contributed by atoms with van der Waals surface area (Å²) in [6.07, 6.45) is 2.56. The molecule has 0 bridgehead atoms. The Labute approximate surface area is 103 Å². The molecule has 0 spiro atoms. The van der Waals surface area contributed by atoms with Gasteiger partial charge in [0.25, 0.3) is 0 Å². The third kappa shape index (κ3) is 4.29. The summed E-state index contributed by atoms with van der Waals surface area (Å²) in [4.78, 5) is 4.32. The molecule has 3 nitrogen and oxygen atoms in total. The lowest BCUT2D eigenvalue weighted by Crippen LogP contribution is -2.02. The molecule has 3 heteroatoms. The minimum Gasteiger partial charge on any atom is -0.396 e. The Morgan fingerprint density at radius 3 is 2.76 bits per heavy atom. The Morgan fingerprint density at radius 1 is 1.35 bits per heavy atom. The van der Waals surface area contributed by atoms with E-state index in [4.69, 9.17) is 9.84 Å². The van der Waals surface area contributed by atoms with Crippen molar-refractivity contribution < 1.29 is 9.84 Å². The number of methoxy groups -OCH3 is 1. The fourth-order valence-electron chi connectivity index (χ4n) is 1.91. The van der Waals surface area contributed by atoms with Gasteiger partial charge >= 0.3 is 0 Å². The van der Waals surface area contributed by atoms with E-state index in [1.54, 1.807) is 7.11 Å². The zero-order chi connectivity index (χ0) is 12.7. The molecule has 94 valence electrons. The Morgan fingerprint density at radius 2 is 2.12 bits per heavy atom. The van der Waals surface area contributed by atoms with E-state index in [1.807, 2.05) is 6.21 Å². The third-order valence-electron chi connectivity index (χ3n) is 2.67. The van der Waals surface area contributed by atoms with Crippen LogP contribution in [0.25, 0.3) is 0 Å². The van der Waals surface area contributed by atoms with Gasteiger partial charge in [0.05, 0.1) is 13.2 Å². The van der Waals surface area contributed by atoms with Crippen LogP contribution < -0.4 is 0 Å². The topological polar surface area (TPSA) is 41.8 Å². The molecule has 1 aromatic carbocycles. The van der Waals surface area contributed by atoms with Crippen molar-refractivity contribution in [3.05, 3.63) is 34.4 Å². The first kappa shape index (κ1) is 13.9. The van der Waals surface area contributed by atoms with Crippen LogP contribution in [-0.4, -0.2) is 38.2 Å². The number of nitrogens with zero attached hydrogens (tertiary/aromatic N) is 1. The maximum atomic E-state index is 9.08. The lowest BCUT2D eigenvalue weighted by Gasteiger charge is -2.10. The Bertz CT molecular complexity index is 386. The second kappa shape index (κ2) is 7.20. The van der Waals surface area contributed by atoms with Crippen molar-refractivity contribution in [2.45, 2.75) is 20.3 Å². The number of aryl methyl sites for hydroxylation is 2. The molecule has 1 N–H and O–H groups in total. The zero-order valence-corrected chi connectivity index (χ0v) is 10.9. The number of hydrogen-bond donors (Lipinski definition) is 1. The summed E-state index contributed by atoms with van der Waals surface area (Å²) in [5, 5.41) is 9.08. The van der Waals surface area contributed by atoms with Crippen molar-refractivity contribution in [3.63, 3.8) is 0 Å². The monoisotopic (exact) mass is 235 g/mol. The van der Waals surface area contributed by atoms with Crippen LogP contribution in [-0.2, 0) is 11.2 Å². The lowest BCUT2D eigenvalue weighted by atomic mass is 9.97. The van der Waals surface area contributed by atoms with Crippen LogP contribution in [0.2, 0.25) is 0 Å². The predicted molar refractivity (Wildman–Crippen MR) is 71.0 cm³/mol. The van der Waals surface area contributed by atoms with E-state index in [9.17, 15) is 0 Å². The van der Waals surface area contributed by atoms with Crippen LogP contribution in [0.5, 0.6) is 0 Å². The number of aliphatic hydroxyl groups excluding tert-OH is 1. The van der Waals surface area contributed by atoms with Gasteiger partial charge in [-0.2, -0.15) is 0 Å². The highest BCUT2D eigenvalue weighted by molar-refractivity contribution is 5.82. The van der Waals surface area contributed by atoms with Crippen molar-refractivity contribution in [2.75, 3.05) is 26.9 Å². The maximum Gasteiger partial charge on any atom is 0.0658 e. The Hall–Kier alpha value is -1.19. The van der Waals surface area contributed by atoms with Crippen LogP contribution in [0.3, 0.4) is 0 Å².